The summed E-state index contributed by atoms with van der Waals surface area (Å²) < 4.78 is 24.4. The number of rotatable bonds is 5. The summed E-state index contributed by atoms with van der Waals surface area (Å²) in [4.78, 5) is 0. The third-order valence-corrected chi connectivity index (χ3v) is 5.30. The Morgan fingerprint density at radius 2 is 1.52 bits per heavy atom. The van der Waals surface area contributed by atoms with Crippen molar-refractivity contribution in [1.29, 1.82) is 0 Å². The van der Waals surface area contributed by atoms with Crippen molar-refractivity contribution in [2.45, 2.75) is 11.9 Å². The molecule has 0 aliphatic carbocycles. The monoisotopic (exact) mass is 344 g/mol. The lowest BCUT2D eigenvalue weighted by Gasteiger charge is -2.13. The highest BCUT2D eigenvalue weighted by Crippen LogP contribution is 2.25. The maximum absolute atomic E-state index is 12.2. The second-order valence-electron chi connectivity index (χ2n) is 4.68. The zero-order valence-electron chi connectivity index (χ0n) is 11.0. The van der Waals surface area contributed by atoms with E-state index in [4.69, 9.17) is 23.2 Å². The minimum absolute atomic E-state index is 0.214. The van der Waals surface area contributed by atoms with Crippen molar-refractivity contribution >= 4 is 33.0 Å². The van der Waals surface area contributed by atoms with Gasteiger partial charge in [-0.1, -0.05) is 59.6 Å². The van der Waals surface area contributed by atoms with Gasteiger partial charge >= 0.3 is 0 Å². The first-order chi connectivity index (χ1) is 9.89. The lowest BCUT2D eigenvalue weighted by molar-refractivity contribution is 0.201. The molecule has 0 saturated carbocycles. The second kappa shape index (κ2) is 6.79. The molecule has 0 aliphatic heterocycles. The van der Waals surface area contributed by atoms with Gasteiger partial charge in [-0.25, -0.2) is 8.42 Å². The Kier molecular flexibility index (Phi) is 5.27. The first-order valence-corrected chi connectivity index (χ1v) is 8.83. The molecule has 0 bridgehead atoms. The molecule has 6 heteroatoms. The standard InChI is InChI=1S/C15H14Cl2O3S/c16-13-7-3-1-5-11(13)9-21(19,20)10-15(18)12-6-2-4-8-14(12)17/h1-8,15,18H,9-10H2. The smallest absolute Gasteiger partial charge is 0.157 e. The van der Waals surface area contributed by atoms with E-state index in [2.05, 4.69) is 0 Å². The van der Waals surface area contributed by atoms with Gasteiger partial charge in [0.15, 0.2) is 9.84 Å². The molecule has 2 aromatic carbocycles. The van der Waals surface area contributed by atoms with Crippen LogP contribution in [0.1, 0.15) is 17.2 Å². The zero-order valence-corrected chi connectivity index (χ0v) is 13.4. The van der Waals surface area contributed by atoms with Crippen molar-refractivity contribution in [3.8, 4) is 0 Å². The summed E-state index contributed by atoms with van der Waals surface area (Å²) in [5, 5.41) is 10.8. The van der Waals surface area contributed by atoms with Gasteiger partial charge in [0, 0.05) is 15.6 Å². The summed E-state index contributed by atoms with van der Waals surface area (Å²) in [5.74, 6) is -0.615. The van der Waals surface area contributed by atoms with Gasteiger partial charge in [0.1, 0.15) is 0 Å². The third-order valence-electron chi connectivity index (χ3n) is 3.01. The molecule has 21 heavy (non-hydrogen) atoms. The predicted octanol–water partition coefficient (Wildman–Crippen LogP) is 3.64. The van der Waals surface area contributed by atoms with Crippen molar-refractivity contribution in [3.05, 3.63) is 69.7 Å². The SMILES string of the molecule is O=S(=O)(Cc1ccccc1Cl)CC(O)c1ccccc1Cl. The lowest BCUT2D eigenvalue weighted by atomic mass is 10.1. The summed E-state index contributed by atoms with van der Waals surface area (Å²) in [6, 6.07) is 13.4. The molecule has 1 atom stereocenters. The minimum Gasteiger partial charge on any atom is -0.387 e. The molecule has 0 aliphatic rings. The van der Waals surface area contributed by atoms with E-state index in [9.17, 15) is 13.5 Å². The number of sulfone groups is 1. The lowest BCUT2D eigenvalue weighted by Crippen LogP contribution is -2.16. The number of hydrogen-bond acceptors (Lipinski definition) is 3. The molecule has 2 aromatic rings. The Morgan fingerprint density at radius 3 is 2.14 bits per heavy atom. The first-order valence-electron chi connectivity index (χ1n) is 6.25. The largest absolute Gasteiger partial charge is 0.387 e. The molecule has 0 spiro atoms. The Morgan fingerprint density at radius 1 is 0.952 bits per heavy atom. The Bertz CT molecular complexity index is 729. The molecular weight excluding hydrogens is 331 g/mol. The van der Waals surface area contributed by atoms with Crippen molar-refractivity contribution in [1.82, 2.24) is 0 Å². The van der Waals surface area contributed by atoms with Crippen molar-refractivity contribution < 1.29 is 13.5 Å². The molecule has 0 aromatic heterocycles. The first kappa shape index (κ1) is 16.3. The highest BCUT2D eigenvalue weighted by atomic mass is 35.5. The van der Waals surface area contributed by atoms with Crippen molar-refractivity contribution in [2.24, 2.45) is 0 Å². The molecule has 1 unspecified atom stereocenters. The normalized spacial score (nSPS) is 13.1. The Labute approximate surface area is 134 Å². The summed E-state index contributed by atoms with van der Waals surface area (Å²) in [6.45, 7) is 0. The van der Waals surface area contributed by atoms with Crippen LogP contribution in [-0.4, -0.2) is 19.3 Å². The third kappa shape index (κ3) is 4.45. The molecule has 0 saturated heterocycles. The average molecular weight is 345 g/mol. The van der Waals surface area contributed by atoms with Gasteiger partial charge in [0.05, 0.1) is 17.6 Å². The topological polar surface area (TPSA) is 54.4 Å². The van der Waals surface area contributed by atoms with E-state index in [-0.39, 0.29) is 5.75 Å². The van der Waals surface area contributed by atoms with Crippen LogP contribution in [0.4, 0.5) is 0 Å². The molecular formula is C15H14Cl2O3S. The highest BCUT2D eigenvalue weighted by Gasteiger charge is 2.21. The fourth-order valence-corrected chi connectivity index (χ4v) is 4.03. The number of halogens is 2. The molecule has 0 fully saturated rings. The van der Waals surface area contributed by atoms with E-state index in [1.807, 2.05) is 0 Å². The fraction of sp³-hybridized carbons (Fsp3) is 0.200. The summed E-state index contributed by atoms with van der Waals surface area (Å²) in [7, 11) is -3.51. The van der Waals surface area contributed by atoms with Crippen LogP contribution in [0.2, 0.25) is 10.0 Å². The van der Waals surface area contributed by atoms with Gasteiger partial charge in [0.25, 0.3) is 0 Å². The number of benzene rings is 2. The maximum Gasteiger partial charge on any atom is 0.157 e. The minimum atomic E-state index is -3.51. The van der Waals surface area contributed by atoms with Crippen LogP contribution in [0, 0.1) is 0 Å². The van der Waals surface area contributed by atoms with Crippen LogP contribution in [0.3, 0.4) is 0 Å². The van der Waals surface area contributed by atoms with Crippen LogP contribution in [-0.2, 0) is 15.6 Å². The van der Waals surface area contributed by atoms with Crippen LogP contribution >= 0.6 is 23.2 Å². The molecule has 0 amide bonds. The van der Waals surface area contributed by atoms with E-state index in [1.54, 1.807) is 48.5 Å². The van der Waals surface area contributed by atoms with Crippen molar-refractivity contribution in [2.75, 3.05) is 5.75 Å². The van der Waals surface area contributed by atoms with E-state index in [0.29, 0.717) is 21.2 Å². The van der Waals surface area contributed by atoms with E-state index in [0.717, 1.165) is 0 Å². The Balaban J connectivity index is 2.15. The van der Waals surface area contributed by atoms with Gasteiger partial charge in [-0.15, -0.1) is 0 Å². The quantitative estimate of drug-likeness (QED) is 0.900. The van der Waals surface area contributed by atoms with Crippen LogP contribution in [0.5, 0.6) is 0 Å². The number of aliphatic hydroxyl groups excluding tert-OH is 1. The predicted molar refractivity (Wildman–Crippen MR) is 85.4 cm³/mol. The van der Waals surface area contributed by atoms with Gasteiger partial charge in [-0.3, -0.25) is 0 Å². The van der Waals surface area contributed by atoms with Gasteiger partial charge in [0.2, 0.25) is 0 Å². The number of aliphatic hydroxyl groups is 1. The molecule has 0 radical (unpaired) electrons. The molecule has 2 rings (SSSR count). The zero-order chi connectivity index (χ0) is 15.5. The molecule has 112 valence electrons. The van der Waals surface area contributed by atoms with E-state index < -0.39 is 21.7 Å². The van der Waals surface area contributed by atoms with Gasteiger partial charge < -0.3 is 5.11 Å². The van der Waals surface area contributed by atoms with Gasteiger partial charge in [-0.2, -0.15) is 0 Å². The summed E-state index contributed by atoms with van der Waals surface area (Å²) in [5.41, 5.74) is 0.924. The fourth-order valence-electron chi connectivity index (χ4n) is 1.99. The van der Waals surface area contributed by atoms with Crippen LogP contribution in [0.25, 0.3) is 0 Å². The molecule has 1 N–H and O–H groups in total. The van der Waals surface area contributed by atoms with Gasteiger partial charge in [-0.05, 0) is 17.7 Å². The summed E-state index contributed by atoms with van der Waals surface area (Å²) in [6.07, 6.45) is -1.16. The maximum atomic E-state index is 12.2. The average Bonchev–Trinajstić information content (AvgIpc) is 2.41. The Hall–Kier alpha value is -1.07. The van der Waals surface area contributed by atoms with Crippen LogP contribution in [0.15, 0.2) is 48.5 Å². The van der Waals surface area contributed by atoms with E-state index in [1.165, 1.54) is 0 Å². The van der Waals surface area contributed by atoms with Crippen molar-refractivity contribution in [3.63, 3.8) is 0 Å². The second-order valence-corrected chi connectivity index (χ2v) is 7.61. The number of hydrogen-bond donors (Lipinski definition) is 1. The molecule has 3 nitrogen and oxygen atoms in total. The van der Waals surface area contributed by atoms with Crippen LogP contribution < -0.4 is 0 Å². The highest BCUT2D eigenvalue weighted by molar-refractivity contribution is 7.90. The summed E-state index contributed by atoms with van der Waals surface area (Å²) >= 11 is 11.9. The molecule has 0 heterocycles. The van der Waals surface area contributed by atoms with E-state index >= 15 is 0 Å².